The van der Waals surface area contributed by atoms with Gasteiger partial charge in [0.2, 0.25) is 11.8 Å². The summed E-state index contributed by atoms with van der Waals surface area (Å²) < 4.78 is 43.0. The van der Waals surface area contributed by atoms with Crippen LogP contribution < -0.4 is 9.64 Å². The van der Waals surface area contributed by atoms with E-state index in [1.807, 2.05) is 0 Å². The Kier molecular flexibility index (Phi) is 7.38. The number of halogens is 3. The van der Waals surface area contributed by atoms with E-state index in [9.17, 15) is 14.4 Å². The van der Waals surface area contributed by atoms with E-state index in [-0.39, 0.29) is 41.3 Å². The highest BCUT2D eigenvalue weighted by molar-refractivity contribution is 7.14. The molecule has 10 nitrogen and oxygen atoms in total. The van der Waals surface area contributed by atoms with E-state index in [1.54, 1.807) is 49.9 Å². The molecule has 1 aromatic heterocycles. The summed E-state index contributed by atoms with van der Waals surface area (Å²) in [6.45, 7) is 5.07. The minimum atomic E-state index is -1.93. The van der Waals surface area contributed by atoms with Crippen molar-refractivity contribution in [3.05, 3.63) is 58.1 Å². The molecule has 0 N–H and O–H groups in total. The Morgan fingerprint density at radius 1 is 1.09 bits per heavy atom. The van der Waals surface area contributed by atoms with Crippen LogP contribution in [0, 0.1) is 24.0 Å². The zero-order valence-corrected chi connectivity index (χ0v) is 25.3. The third-order valence-corrected chi connectivity index (χ3v) is 9.40. The molecule has 6 rings (SSSR count). The van der Waals surface area contributed by atoms with E-state index >= 15 is 8.78 Å². The van der Waals surface area contributed by atoms with Crippen LogP contribution in [-0.2, 0) is 27.3 Å². The summed E-state index contributed by atoms with van der Waals surface area (Å²) in [5, 5.41) is 8.64. The van der Waals surface area contributed by atoms with E-state index in [0.717, 1.165) is 21.1 Å². The van der Waals surface area contributed by atoms with Crippen molar-refractivity contribution in [2.75, 3.05) is 24.6 Å². The number of ether oxygens (including phenoxy) is 2. The number of rotatable bonds is 5. The maximum atomic E-state index is 16.1. The number of amides is 4. The van der Waals surface area contributed by atoms with E-state index in [1.165, 1.54) is 13.2 Å². The zero-order valence-electron chi connectivity index (χ0n) is 23.8. The summed E-state index contributed by atoms with van der Waals surface area (Å²) in [5.41, 5.74) is -1.26. The van der Waals surface area contributed by atoms with Gasteiger partial charge in [-0.05, 0) is 50.1 Å². The molecule has 4 amide bonds. The number of benzene rings is 2. The molecule has 226 valence electrons. The fourth-order valence-corrected chi connectivity index (χ4v) is 7.47. The van der Waals surface area contributed by atoms with Crippen molar-refractivity contribution < 1.29 is 32.6 Å². The zero-order chi connectivity index (χ0) is 30.8. The minimum Gasteiger partial charge on any atom is -0.497 e. The van der Waals surface area contributed by atoms with Crippen LogP contribution in [0.25, 0.3) is 10.6 Å². The standard InChI is InChI=1S/C29H28ClF2N5O5S/c1-14-11-35-23-18(9-20(21(31)22(23)32)25-34-33-16(3)43-25)10-29(24(35)15(2)42-14)26(38)36(28(40)37(13-30)27(29)39)12-17-5-7-19(41-4)8-6-17/h5-9,14-15,24H,10-13H2,1-4H3/t14-,15+,24?,29?/m0/s1. The van der Waals surface area contributed by atoms with Gasteiger partial charge in [-0.25, -0.2) is 18.5 Å². The number of imide groups is 2. The van der Waals surface area contributed by atoms with Gasteiger partial charge < -0.3 is 14.4 Å². The number of barbiturate groups is 1. The first-order valence-corrected chi connectivity index (χ1v) is 15.0. The molecule has 2 fully saturated rings. The second-order valence-electron chi connectivity index (χ2n) is 11.0. The number of carbonyl (C=O) groups is 3. The molecule has 3 aliphatic heterocycles. The first kappa shape index (κ1) is 29.4. The summed E-state index contributed by atoms with van der Waals surface area (Å²) in [6.07, 6.45) is -1.52. The van der Waals surface area contributed by atoms with Crippen LogP contribution in [0.1, 0.15) is 30.0 Å². The van der Waals surface area contributed by atoms with Crippen LogP contribution >= 0.6 is 22.9 Å². The van der Waals surface area contributed by atoms with Gasteiger partial charge in [-0.3, -0.25) is 14.5 Å². The van der Waals surface area contributed by atoms with Gasteiger partial charge in [0.05, 0.1) is 43.2 Å². The Bertz CT molecular complexity index is 1640. The number of aryl methyl sites for hydroxylation is 1. The first-order valence-electron chi connectivity index (χ1n) is 13.6. The van der Waals surface area contributed by atoms with Gasteiger partial charge in [0.15, 0.2) is 22.1 Å². The second kappa shape index (κ2) is 10.8. The SMILES string of the molecule is COc1ccc(CN2C(=O)N(CCl)C(=O)C3(Cc4cc(-c5nnc(C)s5)c(F)c(F)c4N4C[C@H](C)O[C@H](C)C43)C2=O)cc1. The van der Waals surface area contributed by atoms with E-state index in [2.05, 4.69) is 10.2 Å². The van der Waals surface area contributed by atoms with Gasteiger partial charge in [-0.15, -0.1) is 21.8 Å². The van der Waals surface area contributed by atoms with Gasteiger partial charge in [0.25, 0.3) is 0 Å². The number of morpholine rings is 1. The topological polar surface area (TPSA) is 105 Å². The van der Waals surface area contributed by atoms with Crippen LogP contribution in [0.5, 0.6) is 5.75 Å². The van der Waals surface area contributed by atoms with Crippen LogP contribution in [0.4, 0.5) is 19.3 Å². The van der Waals surface area contributed by atoms with Crippen LogP contribution in [0.2, 0.25) is 0 Å². The second-order valence-corrected chi connectivity index (χ2v) is 12.4. The van der Waals surface area contributed by atoms with Crippen LogP contribution in [0.15, 0.2) is 30.3 Å². The van der Waals surface area contributed by atoms with Crippen molar-refractivity contribution >= 4 is 46.5 Å². The summed E-state index contributed by atoms with van der Waals surface area (Å²) in [6, 6.07) is 5.79. The third kappa shape index (κ3) is 4.47. The third-order valence-electron chi connectivity index (χ3n) is 8.29. The molecule has 0 saturated carbocycles. The molecule has 2 saturated heterocycles. The number of methoxy groups -OCH3 is 1. The number of urea groups is 1. The Morgan fingerprint density at radius 2 is 1.79 bits per heavy atom. The number of aromatic nitrogens is 2. The average Bonchev–Trinajstić information content (AvgIpc) is 3.42. The smallest absolute Gasteiger partial charge is 0.334 e. The highest BCUT2D eigenvalue weighted by Gasteiger charge is 2.67. The van der Waals surface area contributed by atoms with Crippen LogP contribution in [0.3, 0.4) is 0 Å². The van der Waals surface area contributed by atoms with Gasteiger partial charge in [0, 0.05) is 13.0 Å². The number of anilines is 1. The average molecular weight is 632 g/mol. The summed E-state index contributed by atoms with van der Waals surface area (Å²) >= 11 is 7.27. The van der Waals surface area contributed by atoms with E-state index < -0.39 is 59.1 Å². The highest BCUT2D eigenvalue weighted by atomic mass is 35.5. The molecule has 4 heterocycles. The Labute approximate surface area is 255 Å². The maximum Gasteiger partial charge on any atom is 0.334 e. The largest absolute Gasteiger partial charge is 0.497 e. The molecule has 2 aromatic carbocycles. The van der Waals surface area contributed by atoms with Crippen molar-refractivity contribution in [1.82, 2.24) is 20.0 Å². The van der Waals surface area contributed by atoms with E-state index in [0.29, 0.717) is 16.3 Å². The Hall–Kier alpha value is -3.68. The molecule has 0 radical (unpaired) electrons. The molecule has 0 bridgehead atoms. The Morgan fingerprint density at radius 3 is 2.42 bits per heavy atom. The van der Waals surface area contributed by atoms with Gasteiger partial charge in [0.1, 0.15) is 16.8 Å². The molecular weight excluding hydrogens is 604 g/mol. The van der Waals surface area contributed by atoms with Crippen LogP contribution in [-0.4, -0.2) is 75.8 Å². The lowest BCUT2D eigenvalue weighted by molar-refractivity contribution is -0.167. The number of alkyl halides is 1. The molecule has 4 atom stereocenters. The predicted molar refractivity (Wildman–Crippen MR) is 154 cm³/mol. The normalized spacial score (nSPS) is 25.3. The summed E-state index contributed by atoms with van der Waals surface area (Å²) in [5.74, 6) is -3.20. The monoisotopic (exact) mass is 631 g/mol. The Balaban J connectivity index is 1.54. The molecule has 14 heteroatoms. The molecule has 3 aliphatic rings. The lowest BCUT2D eigenvalue weighted by Crippen LogP contribution is -2.76. The quantitative estimate of drug-likeness (QED) is 0.230. The molecule has 3 aromatic rings. The van der Waals surface area contributed by atoms with Crippen molar-refractivity contribution in [3.8, 4) is 16.3 Å². The van der Waals surface area contributed by atoms with Crippen molar-refractivity contribution in [3.63, 3.8) is 0 Å². The molecule has 43 heavy (non-hydrogen) atoms. The molecular formula is C29H28ClF2N5O5S. The fourth-order valence-electron chi connectivity index (χ4n) is 6.56. The molecule has 1 spiro atoms. The lowest BCUT2D eigenvalue weighted by Gasteiger charge is -2.57. The predicted octanol–water partition coefficient (Wildman–Crippen LogP) is 4.51. The van der Waals surface area contributed by atoms with Gasteiger partial charge >= 0.3 is 6.03 Å². The van der Waals surface area contributed by atoms with Crippen molar-refractivity contribution in [2.24, 2.45) is 5.41 Å². The number of nitrogens with zero attached hydrogens (tertiary/aromatic N) is 5. The van der Waals surface area contributed by atoms with E-state index in [4.69, 9.17) is 21.1 Å². The molecule has 2 unspecified atom stereocenters. The number of carbonyl (C=O) groups excluding carboxylic acids is 3. The van der Waals surface area contributed by atoms with Gasteiger partial charge in [-0.2, -0.15) is 0 Å². The van der Waals surface area contributed by atoms with Crippen molar-refractivity contribution in [1.29, 1.82) is 0 Å². The number of fused-ring (bicyclic) bond motifs is 4. The fraction of sp³-hybridized carbons (Fsp3) is 0.414. The molecule has 0 aliphatic carbocycles. The minimum absolute atomic E-state index is 0.0447. The maximum absolute atomic E-state index is 16.1. The van der Waals surface area contributed by atoms with Crippen molar-refractivity contribution in [2.45, 2.75) is 52.0 Å². The first-order chi connectivity index (χ1) is 20.5. The number of hydrogen-bond donors (Lipinski definition) is 0. The summed E-state index contributed by atoms with van der Waals surface area (Å²) in [4.78, 5) is 45.9. The lowest BCUT2D eigenvalue weighted by atomic mass is 9.65. The van der Waals surface area contributed by atoms with Gasteiger partial charge in [-0.1, -0.05) is 23.5 Å². The highest BCUT2D eigenvalue weighted by Crippen LogP contribution is 2.51. The summed E-state index contributed by atoms with van der Waals surface area (Å²) in [7, 11) is 1.52. The number of hydrogen-bond acceptors (Lipinski definition) is 9.